The number of carbonyl (C=O) groups excluding carboxylic acids is 2. The predicted octanol–water partition coefficient (Wildman–Crippen LogP) is 3.01. The summed E-state index contributed by atoms with van der Waals surface area (Å²) >= 11 is 1.49. The van der Waals surface area contributed by atoms with Gasteiger partial charge in [-0.15, -0.1) is 11.3 Å². The van der Waals surface area contributed by atoms with E-state index in [9.17, 15) is 9.59 Å². The first-order valence-corrected chi connectivity index (χ1v) is 8.50. The predicted molar refractivity (Wildman–Crippen MR) is 89.8 cm³/mol. The smallest absolute Gasteiger partial charge is 0.287 e. The summed E-state index contributed by atoms with van der Waals surface area (Å²) in [6.07, 6.45) is 4.23. The summed E-state index contributed by atoms with van der Waals surface area (Å²) in [6.45, 7) is 5.80. The number of aryl methyl sites for hydroxylation is 2. The molecule has 7 heteroatoms. The Kier molecular flexibility index (Phi) is 5.92. The maximum atomic E-state index is 12.2. The third kappa shape index (κ3) is 4.41. The molecular formula is C16H21N3O3S. The Morgan fingerprint density at radius 1 is 1.39 bits per heavy atom. The minimum Gasteiger partial charge on any atom is -0.459 e. The van der Waals surface area contributed by atoms with Crippen LogP contribution < -0.4 is 10.6 Å². The number of aromatic nitrogens is 1. The molecule has 2 rings (SSSR count). The van der Waals surface area contributed by atoms with Crippen molar-refractivity contribution in [1.82, 2.24) is 10.3 Å². The molecule has 6 nitrogen and oxygen atoms in total. The highest BCUT2D eigenvalue weighted by Crippen LogP contribution is 2.24. The molecule has 1 atom stereocenters. The minimum absolute atomic E-state index is 0.178. The molecule has 0 saturated carbocycles. The lowest BCUT2D eigenvalue weighted by Crippen LogP contribution is -2.41. The van der Waals surface area contributed by atoms with Gasteiger partial charge in [0, 0.05) is 4.88 Å². The number of anilines is 1. The Hall–Kier alpha value is -2.15. The fourth-order valence-electron chi connectivity index (χ4n) is 2.10. The fourth-order valence-corrected chi connectivity index (χ4v) is 3.05. The van der Waals surface area contributed by atoms with Gasteiger partial charge in [0.05, 0.1) is 12.0 Å². The molecule has 0 radical (unpaired) electrons. The van der Waals surface area contributed by atoms with Gasteiger partial charge in [0.1, 0.15) is 6.04 Å². The van der Waals surface area contributed by atoms with E-state index in [1.807, 2.05) is 0 Å². The largest absolute Gasteiger partial charge is 0.459 e. The van der Waals surface area contributed by atoms with E-state index in [4.69, 9.17) is 4.42 Å². The summed E-state index contributed by atoms with van der Waals surface area (Å²) in [7, 11) is 0. The third-order valence-electron chi connectivity index (χ3n) is 3.30. The van der Waals surface area contributed by atoms with Gasteiger partial charge in [-0.25, -0.2) is 4.98 Å². The average molecular weight is 335 g/mol. The Labute approximate surface area is 139 Å². The molecule has 2 heterocycles. The van der Waals surface area contributed by atoms with Crippen molar-refractivity contribution in [3.05, 3.63) is 34.7 Å². The zero-order valence-corrected chi connectivity index (χ0v) is 14.3. The van der Waals surface area contributed by atoms with Crippen molar-refractivity contribution in [1.29, 1.82) is 0 Å². The second kappa shape index (κ2) is 7.92. The van der Waals surface area contributed by atoms with Crippen molar-refractivity contribution < 1.29 is 14.0 Å². The quantitative estimate of drug-likeness (QED) is 0.814. The number of nitrogens with zero attached hydrogens (tertiary/aromatic N) is 1. The number of hydrogen-bond donors (Lipinski definition) is 2. The SMILES string of the molecule is CCCc1nc(NC(=O)[C@H](C)NC(=O)c2ccco2)sc1CC. The van der Waals surface area contributed by atoms with Gasteiger partial charge in [-0.2, -0.15) is 0 Å². The lowest BCUT2D eigenvalue weighted by molar-refractivity contribution is -0.117. The Morgan fingerprint density at radius 3 is 2.78 bits per heavy atom. The van der Waals surface area contributed by atoms with E-state index >= 15 is 0 Å². The van der Waals surface area contributed by atoms with Crippen LogP contribution in [0.3, 0.4) is 0 Å². The highest BCUT2D eigenvalue weighted by molar-refractivity contribution is 7.15. The monoisotopic (exact) mass is 335 g/mol. The Bertz CT molecular complexity index is 664. The van der Waals surface area contributed by atoms with Crippen LogP contribution >= 0.6 is 11.3 Å². The highest BCUT2D eigenvalue weighted by atomic mass is 32.1. The molecule has 0 aliphatic carbocycles. The fraction of sp³-hybridized carbons (Fsp3) is 0.438. The standard InChI is InChI=1S/C16H21N3O3S/c1-4-7-11-13(5-2)23-16(18-11)19-14(20)10(3)17-15(21)12-8-6-9-22-12/h6,8-10H,4-5,7H2,1-3H3,(H,17,21)(H,18,19,20)/t10-/m0/s1. The molecule has 124 valence electrons. The van der Waals surface area contributed by atoms with Crippen molar-refractivity contribution in [2.75, 3.05) is 5.32 Å². The Balaban J connectivity index is 1.96. The Morgan fingerprint density at radius 2 is 2.17 bits per heavy atom. The number of nitrogens with one attached hydrogen (secondary N) is 2. The number of rotatable bonds is 7. The van der Waals surface area contributed by atoms with Gasteiger partial charge >= 0.3 is 0 Å². The molecule has 0 aliphatic heterocycles. The summed E-state index contributed by atoms with van der Waals surface area (Å²) in [4.78, 5) is 29.7. The van der Waals surface area contributed by atoms with E-state index in [-0.39, 0.29) is 11.7 Å². The molecule has 2 N–H and O–H groups in total. The van der Waals surface area contributed by atoms with Crippen LogP contribution in [0, 0.1) is 0 Å². The van der Waals surface area contributed by atoms with Crippen LogP contribution in [0.25, 0.3) is 0 Å². The highest BCUT2D eigenvalue weighted by Gasteiger charge is 2.20. The zero-order chi connectivity index (χ0) is 16.8. The number of hydrogen-bond acceptors (Lipinski definition) is 5. The summed E-state index contributed by atoms with van der Waals surface area (Å²) in [5.74, 6) is -0.542. The van der Waals surface area contributed by atoms with Gasteiger partial charge in [0.15, 0.2) is 10.9 Å². The van der Waals surface area contributed by atoms with Gasteiger partial charge in [-0.05, 0) is 31.9 Å². The van der Waals surface area contributed by atoms with E-state index in [1.54, 1.807) is 19.1 Å². The molecule has 0 saturated heterocycles. The molecule has 2 aromatic rings. The van der Waals surface area contributed by atoms with Crippen LogP contribution in [0.5, 0.6) is 0 Å². The lowest BCUT2D eigenvalue weighted by atomic mass is 10.2. The molecular weight excluding hydrogens is 314 g/mol. The average Bonchev–Trinajstić information content (AvgIpc) is 3.17. The third-order valence-corrected chi connectivity index (χ3v) is 4.46. The second-order valence-corrected chi connectivity index (χ2v) is 6.24. The summed E-state index contributed by atoms with van der Waals surface area (Å²) in [5, 5.41) is 5.94. The van der Waals surface area contributed by atoms with Gasteiger partial charge in [0.25, 0.3) is 5.91 Å². The molecule has 0 fully saturated rings. The molecule has 0 unspecified atom stereocenters. The zero-order valence-electron chi connectivity index (χ0n) is 13.5. The number of thiazole rings is 1. The number of carbonyl (C=O) groups is 2. The lowest BCUT2D eigenvalue weighted by Gasteiger charge is -2.11. The topological polar surface area (TPSA) is 84.2 Å². The van der Waals surface area contributed by atoms with Crippen LogP contribution in [0.15, 0.2) is 22.8 Å². The molecule has 0 aromatic carbocycles. The van der Waals surface area contributed by atoms with E-state index < -0.39 is 11.9 Å². The van der Waals surface area contributed by atoms with Crippen LogP contribution in [0.4, 0.5) is 5.13 Å². The molecule has 0 aliphatic rings. The minimum atomic E-state index is -0.684. The summed E-state index contributed by atoms with van der Waals surface area (Å²) in [6, 6.07) is 2.48. The van der Waals surface area contributed by atoms with E-state index in [0.29, 0.717) is 5.13 Å². The molecule has 0 spiro atoms. The molecule has 0 bridgehead atoms. The van der Waals surface area contributed by atoms with Crippen molar-refractivity contribution in [2.24, 2.45) is 0 Å². The van der Waals surface area contributed by atoms with Crippen molar-refractivity contribution in [2.45, 2.75) is 46.1 Å². The van der Waals surface area contributed by atoms with Crippen molar-refractivity contribution >= 4 is 28.3 Å². The van der Waals surface area contributed by atoms with Gasteiger partial charge in [-0.3, -0.25) is 9.59 Å². The maximum absolute atomic E-state index is 12.2. The summed E-state index contributed by atoms with van der Waals surface area (Å²) in [5.41, 5.74) is 1.04. The van der Waals surface area contributed by atoms with Gasteiger partial charge in [0.2, 0.25) is 5.91 Å². The molecule has 23 heavy (non-hydrogen) atoms. The van der Waals surface area contributed by atoms with Crippen LogP contribution in [0.1, 0.15) is 48.3 Å². The summed E-state index contributed by atoms with van der Waals surface area (Å²) < 4.78 is 5.00. The first-order chi connectivity index (χ1) is 11.0. The van der Waals surface area contributed by atoms with E-state index in [2.05, 4.69) is 29.5 Å². The van der Waals surface area contributed by atoms with Crippen LogP contribution in [-0.4, -0.2) is 22.8 Å². The molecule has 2 aromatic heterocycles. The second-order valence-electron chi connectivity index (χ2n) is 5.15. The first kappa shape index (κ1) is 17.2. The maximum Gasteiger partial charge on any atom is 0.287 e. The normalized spacial score (nSPS) is 12.0. The van der Waals surface area contributed by atoms with Crippen LogP contribution in [-0.2, 0) is 17.6 Å². The van der Waals surface area contributed by atoms with E-state index in [1.165, 1.54) is 22.5 Å². The molecule has 2 amide bonds. The van der Waals surface area contributed by atoms with Gasteiger partial charge < -0.3 is 15.1 Å². The first-order valence-electron chi connectivity index (χ1n) is 7.68. The van der Waals surface area contributed by atoms with Gasteiger partial charge in [-0.1, -0.05) is 20.3 Å². The number of furan rings is 1. The van der Waals surface area contributed by atoms with Crippen molar-refractivity contribution in [3.8, 4) is 0 Å². The number of amides is 2. The van der Waals surface area contributed by atoms with E-state index in [0.717, 1.165) is 25.0 Å². The van der Waals surface area contributed by atoms with Crippen LogP contribution in [0.2, 0.25) is 0 Å². The van der Waals surface area contributed by atoms with Crippen molar-refractivity contribution in [3.63, 3.8) is 0 Å².